The number of halogens is 3. The van der Waals surface area contributed by atoms with Crippen LogP contribution in [-0.2, 0) is 9.53 Å². The molecule has 0 aliphatic carbocycles. The van der Waals surface area contributed by atoms with Crippen LogP contribution in [0.5, 0.6) is 5.75 Å². The Labute approximate surface area is 177 Å². The minimum atomic E-state index is -0.434. The molecule has 0 bridgehead atoms. The molecule has 5 nitrogen and oxygen atoms in total. The number of benzene rings is 2. The Morgan fingerprint density at radius 2 is 2.00 bits per heavy atom. The van der Waals surface area contributed by atoms with E-state index in [-0.39, 0.29) is 17.5 Å². The van der Waals surface area contributed by atoms with E-state index in [2.05, 4.69) is 10.0 Å². The molecule has 2 N–H and O–H groups in total. The fraction of sp³-hybridized carbons (Fsp3) is 0.316. The Balaban J connectivity index is 0.000000706. The number of carbonyl (C=O) groups excluding carboxylic acids is 1. The molecule has 2 aromatic rings. The van der Waals surface area contributed by atoms with Crippen LogP contribution in [0, 0.1) is 5.82 Å². The van der Waals surface area contributed by atoms with Crippen LogP contribution < -0.4 is 14.8 Å². The van der Waals surface area contributed by atoms with Gasteiger partial charge >= 0.3 is 0 Å². The van der Waals surface area contributed by atoms with Gasteiger partial charge < -0.3 is 19.5 Å². The summed E-state index contributed by atoms with van der Waals surface area (Å²) in [6.07, 6.45) is 1.37. The number of primary amides is 1. The highest BCUT2D eigenvalue weighted by Crippen LogP contribution is 2.39. The second-order valence-corrected chi connectivity index (χ2v) is 8.09. The van der Waals surface area contributed by atoms with E-state index in [0.717, 1.165) is 30.0 Å². The van der Waals surface area contributed by atoms with Crippen LogP contribution in [0.4, 0.5) is 10.1 Å². The average molecular weight is 445 g/mol. The third-order valence-electron chi connectivity index (χ3n) is 4.15. The van der Waals surface area contributed by atoms with Gasteiger partial charge in [-0.3, -0.25) is 4.79 Å². The molecule has 2 aliphatic heterocycles. The molecular weight excluding hydrogens is 426 g/mol. The van der Waals surface area contributed by atoms with Gasteiger partial charge in [0.15, 0.2) is 0 Å². The number of hydrogen-bond acceptors (Lipinski definition) is 5. The Kier molecular flexibility index (Phi) is 7.29. The molecule has 2 aliphatic rings. The van der Waals surface area contributed by atoms with Gasteiger partial charge in [0.25, 0.3) is 0 Å². The first-order chi connectivity index (χ1) is 13.5. The molecule has 0 atom stereocenters. The first-order valence-corrected chi connectivity index (χ1v) is 10.3. The second-order valence-electron chi connectivity index (χ2n) is 6.17. The van der Waals surface area contributed by atoms with E-state index in [9.17, 15) is 4.39 Å². The monoisotopic (exact) mass is 444 g/mol. The molecule has 0 unspecified atom stereocenters. The first-order valence-electron chi connectivity index (χ1n) is 8.62. The predicted molar refractivity (Wildman–Crippen MR) is 112 cm³/mol. The first kappa shape index (κ1) is 21.0. The molecule has 0 spiro atoms. The SMILES string of the molecule is Fc1cc(N2CCCS2)cc(-c2cc(Cl)cc(OC3COC3)c2)c1Cl.NC=O. The topological polar surface area (TPSA) is 64.8 Å². The lowest BCUT2D eigenvalue weighted by molar-refractivity contribution is -0.106. The van der Waals surface area contributed by atoms with Crippen molar-refractivity contribution < 1.29 is 18.7 Å². The smallest absolute Gasteiger partial charge is 0.204 e. The van der Waals surface area contributed by atoms with Crippen molar-refractivity contribution in [3.8, 4) is 16.9 Å². The molecule has 0 aromatic heterocycles. The Morgan fingerprint density at radius 3 is 2.61 bits per heavy atom. The number of amides is 1. The molecule has 28 heavy (non-hydrogen) atoms. The summed E-state index contributed by atoms with van der Waals surface area (Å²) in [6, 6.07) is 8.75. The van der Waals surface area contributed by atoms with E-state index >= 15 is 0 Å². The summed E-state index contributed by atoms with van der Waals surface area (Å²) in [4.78, 5) is 8.58. The predicted octanol–water partition coefficient (Wildman–Crippen LogP) is 4.54. The Morgan fingerprint density at radius 1 is 1.25 bits per heavy atom. The third-order valence-corrected chi connectivity index (χ3v) is 5.92. The highest BCUT2D eigenvalue weighted by molar-refractivity contribution is 8.00. The zero-order chi connectivity index (χ0) is 20.1. The lowest BCUT2D eigenvalue weighted by Crippen LogP contribution is -2.38. The van der Waals surface area contributed by atoms with Crippen LogP contribution in [0.2, 0.25) is 10.0 Å². The molecule has 0 saturated carbocycles. The van der Waals surface area contributed by atoms with Gasteiger partial charge in [0.05, 0.1) is 23.9 Å². The Bertz CT molecular complexity index is 846. The fourth-order valence-corrected chi connectivity index (χ4v) is 4.28. The highest BCUT2D eigenvalue weighted by atomic mass is 35.5. The van der Waals surface area contributed by atoms with Crippen molar-refractivity contribution in [2.45, 2.75) is 12.5 Å². The van der Waals surface area contributed by atoms with Gasteiger partial charge in [-0.25, -0.2) is 4.39 Å². The van der Waals surface area contributed by atoms with Crippen molar-refractivity contribution >= 4 is 47.2 Å². The van der Waals surface area contributed by atoms with Gasteiger partial charge in [-0.15, -0.1) is 0 Å². The van der Waals surface area contributed by atoms with Crippen molar-refractivity contribution in [2.75, 3.05) is 29.8 Å². The number of rotatable bonds is 4. The molecule has 2 fully saturated rings. The maximum atomic E-state index is 14.4. The van der Waals surface area contributed by atoms with Gasteiger partial charge in [-0.05, 0) is 54.3 Å². The number of nitrogens with two attached hydrogens (primary N) is 1. The molecule has 150 valence electrons. The van der Waals surface area contributed by atoms with Gasteiger partial charge in [0, 0.05) is 22.9 Å². The summed E-state index contributed by atoms with van der Waals surface area (Å²) in [5.74, 6) is 1.24. The zero-order valence-electron chi connectivity index (χ0n) is 14.9. The van der Waals surface area contributed by atoms with Gasteiger partial charge in [0.2, 0.25) is 6.41 Å². The summed E-state index contributed by atoms with van der Waals surface area (Å²) in [5.41, 5.74) is 6.33. The van der Waals surface area contributed by atoms with E-state index < -0.39 is 5.82 Å². The van der Waals surface area contributed by atoms with E-state index in [0.29, 0.717) is 29.5 Å². The molecule has 4 rings (SSSR count). The molecule has 1 amide bonds. The summed E-state index contributed by atoms with van der Waals surface area (Å²) < 4.78 is 27.5. The number of ether oxygens (including phenoxy) is 2. The number of nitrogens with zero attached hydrogens (tertiary/aromatic N) is 1. The quantitative estimate of drug-likeness (QED) is 0.553. The van der Waals surface area contributed by atoms with E-state index in [1.807, 2.05) is 12.1 Å². The van der Waals surface area contributed by atoms with Crippen LogP contribution in [-0.4, -0.2) is 38.0 Å². The molecule has 2 saturated heterocycles. The highest BCUT2D eigenvalue weighted by Gasteiger charge is 2.22. The number of carbonyl (C=O) groups is 1. The molecule has 9 heteroatoms. The van der Waals surface area contributed by atoms with Crippen molar-refractivity contribution in [3.05, 3.63) is 46.2 Å². The van der Waals surface area contributed by atoms with E-state index in [1.165, 1.54) is 6.07 Å². The standard InChI is InChI=1S/C18H16Cl2FNO2S.CH3NO/c19-12-4-11(5-14(6-12)24-15-9-23-10-15)16-7-13(8-17(21)18(16)20)22-2-1-3-25-22;2-1-3/h4-8,15H,1-3,9-10H2;1H,(H2,2,3). The minimum Gasteiger partial charge on any atom is -0.486 e. The van der Waals surface area contributed by atoms with Crippen molar-refractivity contribution in [2.24, 2.45) is 5.73 Å². The third kappa shape index (κ3) is 5.03. The largest absolute Gasteiger partial charge is 0.486 e. The number of hydrogen-bond donors (Lipinski definition) is 1. The maximum absolute atomic E-state index is 14.4. The Hall–Kier alpha value is -1.67. The molecule has 2 aromatic carbocycles. The van der Waals surface area contributed by atoms with Crippen LogP contribution in [0.25, 0.3) is 11.1 Å². The molecule has 0 radical (unpaired) electrons. The molecular formula is C19H19Cl2FN2O3S. The zero-order valence-corrected chi connectivity index (χ0v) is 17.2. The minimum absolute atomic E-state index is 0.0332. The summed E-state index contributed by atoms with van der Waals surface area (Å²) in [6.45, 7) is 2.04. The van der Waals surface area contributed by atoms with Crippen molar-refractivity contribution in [3.63, 3.8) is 0 Å². The summed E-state index contributed by atoms with van der Waals surface area (Å²) in [5, 5.41) is 0.610. The van der Waals surface area contributed by atoms with Crippen molar-refractivity contribution in [1.82, 2.24) is 0 Å². The van der Waals surface area contributed by atoms with Crippen LogP contribution in [0.15, 0.2) is 30.3 Å². The number of anilines is 1. The average Bonchev–Trinajstić information content (AvgIpc) is 3.15. The second kappa shape index (κ2) is 9.69. The van der Waals surface area contributed by atoms with Crippen molar-refractivity contribution in [1.29, 1.82) is 0 Å². The maximum Gasteiger partial charge on any atom is 0.204 e. The van der Waals surface area contributed by atoms with Crippen LogP contribution >= 0.6 is 35.1 Å². The lowest BCUT2D eigenvalue weighted by Gasteiger charge is -2.27. The van der Waals surface area contributed by atoms with E-state index in [1.54, 1.807) is 24.1 Å². The molecule has 2 heterocycles. The van der Waals surface area contributed by atoms with Gasteiger partial charge in [-0.2, -0.15) is 0 Å². The normalized spacial score (nSPS) is 16.2. The van der Waals surface area contributed by atoms with Crippen LogP contribution in [0.3, 0.4) is 0 Å². The fourth-order valence-electron chi connectivity index (χ4n) is 2.84. The summed E-state index contributed by atoms with van der Waals surface area (Å²) in [7, 11) is 0. The van der Waals surface area contributed by atoms with E-state index in [4.69, 9.17) is 37.5 Å². The van der Waals surface area contributed by atoms with Gasteiger partial charge in [-0.1, -0.05) is 23.2 Å². The lowest BCUT2D eigenvalue weighted by atomic mass is 10.0. The van der Waals surface area contributed by atoms with Crippen LogP contribution in [0.1, 0.15) is 6.42 Å². The van der Waals surface area contributed by atoms with Gasteiger partial charge in [0.1, 0.15) is 17.7 Å². The summed E-state index contributed by atoms with van der Waals surface area (Å²) >= 11 is 14.2.